The van der Waals surface area contributed by atoms with E-state index >= 15 is 0 Å². The van der Waals surface area contributed by atoms with E-state index in [1.165, 1.54) is 36.2 Å². The molecule has 2 aromatic rings. The third-order valence-electron chi connectivity index (χ3n) is 4.40. The molecule has 1 atom stereocenters. The Bertz CT molecular complexity index is 949. The monoisotopic (exact) mass is 421 g/mol. The number of hydrogen-bond donors (Lipinski definition) is 1. The normalized spacial score (nSPS) is 12.1. The van der Waals surface area contributed by atoms with Crippen LogP contribution >= 0.6 is 0 Å². The van der Waals surface area contributed by atoms with Crippen LogP contribution in [-0.4, -0.2) is 51.0 Å². The number of carbonyl (C=O) groups is 2. The van der Waals surface area contributed by atoms with Gasteiger partial charge in [-0.15, -0.1) is 0 Å². The second-order valence-electron chi connectivity index (χ2n) is 6.54. The maximum Gasteiger partial charge on any atom is 0.244 e. The fraction of sp³-hybridized carbons (Fsp3) is 0.300. The lowest BCUT2D eigenvalue weighted by Crippen LogP contribution is -2.50. The highest BCUT2D eigenvalue weighted by Crippen LogP contribution is 2.18. The van der Waals surface area contributed by atoms with E-state index in [-0.39, 0.29) is 6.54 Å². The van der Waals surface area contributed by atoms with Crippen LogP contribution in [0.5, 0.6) is 0 Å². The number of nitrogens with one attached hydrogen (secondary N) is 1. The molecule has 2 amide bonds. The number of sulfonamides is 1. The van der Waals surface area contributed by atoms with Crippen LogP contribution in [0.1, 0.15) is 12.5 Å². The highest BCUT2D eigenvalue weighted by Gasteiger charge is 2.29. The number of benzene rings is 2. The van der Waals surface area contributed by atoms with Crippen LogP contribution in [0.25, 0.3) is 0 Å². The Kier molecular flexibility index (Phi) is 7.33. The Hall–Kier alpha value is -2.94. The maximum atomic E-state index is 13.2. The van der Waals surface area contributed by atoms with E-state index in [2.05, 4.69) is 5.32 Å². The molecule has 0 aromatic heterocycles. The summed E-state index contributed by atoms with van der Waals surface area (Å²) in [4.78, 5) is 26.5. The summed E-state index contributed by atoms with van der Waals surface area (Å²) in [6.07, 6.45) is 1.01. The van der Waals surface area contributed by atoms with Crippen LogP contribution in [0.2, 0.25) is 0 Å². The molecule has 0 bridgehead atoms. The third kappa shape index (κ3) is 6.02. The molecular weight excluding hydrogens is 397 g/mol. The molecule has 2 aromatic carbocycles. The van der Waals surface area contributed by atoms with Gasteiger partial charge in [-0.2, -0.15) is 0 Å². The van der Waals surface area contributed by atoms with Crippen molar-refractivity contribution < 1.29 is 22.4 Å². The third-order valence-corrected chi connectivity index (χ3v) is 5.54. The first-order valence-electron chi connectivity index (χ1n) is 8.91. The van der Waals surface area contributed by atoms with Crippen molar-refractivity contribution in [3.63, 3.8) is 0 Å². The van der Waals surface area contributed by atoms with E-state index in [0.717, 1.165) is 10.6 Å². The van der Waals surface area contributed by atoms with Crippen molar-refractivity contribution in [2.45, 2.75) is 19.5 Å². The summed E-state index contributed by atoms with van der Waals surface area (Å²) in [5.74, 6) is -1.37. The predicted octanol–water partition coefficient (Wildman–Crippen LogP) is 1.75. The number of likely N-dealkylation sites (N-methyl/N-ethyl adjacent to an activating group) is 1. The van der Waals surface area contributed by atoms with Crippen molar-refractivity contribution in [2.75, 3.05) is 24.2 Å². The van der Waals surface area contributed by atoms with Crippen molar-refractivity contribution >= 4 is 27.5 Å². The second kappa shape index (κ2) is 9.51. The summed E-state index contributed by atoms with van der Waals surface area (Å²) in [6.45, 7) is 1.11. The summed E-state index contributed by atoms with van der Waals surface area (Å²) < 4.78 is 38.7. The molecule has 0 fully saturated rings. The highest BCUT2D eigenvalue weighted by molar-refractivity contribution is 7.92. The van der Waals surface area contributed by atoms with Gasteiger partial charge in [-0.3, -0.25) is 13.9 Å². The van der Waals surface area contributed by atoms with Crippen molar-refractivity contribution in [3.05, 3.63) is 66.0 Å². The first-order valence-corrected chi connectivity index (χ1v) is 10.8. The largest absolute Gasteiger partial charge is 0.357 e. The topological polar surface area (TPSA) is 86.8 Å². The molecule has 0 radical (unpaired) electrons. The number of nitrogens with zero attached hydrogens (tertiary/aromatic N) is 2. The number of para-hydroxylation sites is 1. The Balaban J connectivity index is 2.34. The summed E-state index contributed by atoms with van der Waals surface area (Å²) in [7, 11) is -2.29. The van der Waals surface area contributed by atoms with Gasteiger partial charge in [0.15, 0.2) is 0 Å². The summed E-state index contributed by atoms with van der Waals surface area (Å²) in [5, 5.41) is 2.49. The zero-order valence-electron chi connectivity index (χ0n) is 16.5. The van der Waals surface area contributed by atoms with Gasteiger partial charge in [0.2, 0.25) is 21.8 Å². The minimum absolute atomic E-state index is 0.0279. The van der Waals surface area contributed by atoms with Gasteiger partial charge in [-0.25, -0.2) is 12.8 Å². The van der Waals surface area contributed by atoms with Gasteiger partial charge in [0.05, 0.1) is 11.9 Å². The molecule has 29 heavy (non-hydrogen) atoms. The molecule has 1 unspecified atom stereocenters. The average Bonchev–Trinajstić information content (AvgIpc) is 2.70. The lowest BCUT2D eigenvalue weighted by molar-refractivity contribution is -0.139. The number of halogens is 1. The van der Waals surface area contributed by atoms with Crippen molar-refractivity contribution in [1.29, 1.82) is 0 Å². The first kappa shape index (κ1) is 22.4. The molecule has 0 aliphatic rings. The van der Waals surface area contributed by atoms with Crippen LogP contribution in [0.3, 0.4) is 0 Å². The van der Waals surface area contributed by atoms with Gasteiger partial charge in [-0.1, -0.05) is 30.3 Å². The fourth-order valence-electron chi connectivity index (χ4n) is 2.79. The van der Waals surface area contributed by atoms with Crippen LogP contribution in [-0.2, 0) is 26.2 Å². The molecule has 0 saturated carbocycles. The van der Waals surface area contributed by atoms with E-state index in [4.69, 9.17) is 0 Å². The molecule has 1 N–H and O–H groups in total. The predicted molar refractivity (Wildman–Crippen MR) is 109 cm³/mol. The number of amides is 2. The Morgan fingerprint density at radius 1 is 1.07 bits per heavy atom. The number of carbonyl (C=O) groups excluding carboxylic acids is 2. The quantitative estimate of drug-likeness (QED) is 0.704. The zero-order chi connectivity index (χ0) is 21.6. The Morgan fingerprint density at radius 3 is 2.17 bits per heavy atom. The van der Waals surface area contributed by atoms with Crippen LogP contribution < -0.4 is 9.62 Å². The van der Waals surface area contributed by atoms with Gasteiger partial charge >= 0.3 is 0 Å². The van der Waals surface area contributed by atoms with Gasteiger partial charge < -0.3 is 10.2 Å². The van der Waals surface area contributed by atoms with E-state index < -0.39 is 40.2 Å². The Morgan fingerprint density at radius 2 is 1.66 bits per heavy atom. The smallest absolute Gasteiger partial charge is 0.244 e. The van der Waals surface area contributed by atoms with Gasteiger partial charge in [0.1, 0.15) is 18.4 Å². The average molecular weight is 421 g/mol. The zero-order valence-corrected chi connectivity index (χ0v) is 17.3. The first-order chi connectivity index (χ1) is 13.6. The maximum absolute atomic E-state index is 13.2. The SMILES string of the molecule is CNC(=O)C(C)N(Cc1ccc(F)cc1)C(=O)CN(c1ccccc1)S(C)(=O)=O. The second-order valence-corrected chi connectivity index (χ2v) is 8.45. The minimum atomic E-state index is -3.74. The molecule has 0 saturated heterocycles. The summed E-state index contributed by atoms with van der Waals surface area (Å²) in [6, 6.07) is 12.9. The lowest BCUT2D eigenvalue weighted by Gasteiger charge is -2.31. The highest BCUT2D eigenvalue weighted by atomic mass is 32.2. The fourth-order valence-corrected chi connectivity index (χ4v) is 3.64. The molecule has 156 valence electrons. The molecular formula is C20H24FN3O4S. The van der Waals surface area contributed by atoms with Crippen LogP contribution in [0, 0.1) is 5.82 Å². The molecule has 0 spiro atoms. The van der Waals surface area contributed by atoms with E-state index in [1.807, 2.05) is 0 Å². The molecule has 7 nitrogen and oxygen atoms in total. The van der Waals surface area contributed by atoms with Gasteiger partial charge in [0, 0.05) is 13.6 Å². The number of hydrogen-bond acceptors (Lipinski definition) is 4. The van der Waals surface area contributed by atoms with E-state index in [1.54, 1.807) is 37.3 Å². The molecule has 0 heterocycles. The van der Waals surface area contributed by atoms with Crippen LogP contribution in [0.15, 0.2) is 54.6 Å². The lowest BCUT2D eigenvalue weighted by atomic mass is 10.1. The molecule has 0 aliphatic heterocycles. The van der Waals surface area contributed by atoms with Crippen molar-refractivity contribution in [1.82, 2.24) is 10.2 Å². The van der Waals surface area contributed by atoms with Crippen molar-refractivity contribution in [3.8, 4) is 0 Å². The number of rotatable bonds is 8. The number of anilines is 1. The summed E-state index contributed by atoms with van der Waals surface area (Å²) in [5.41, 5.74) is 0.957. The summed E-state index contributed by atoms with van der Waals surface area (Å²) >= 11 is 0. The standard InChI is InChI=1S/C20H24FN3O4S/c1-15(20(26)22-2)23(13-16-9-11-17(21)12-10-16)19(25)14-24(29(3,27)28)18-7-5-4-6-8-18/h4-12,15H,13-14H2,1-3H3,(H,22,26). The van der Waals surface area contributed by atoms with Crippen molar-refractivity contribution in [2.24, 2.45) is 0 Å². The molecule has 2 rings (SSSR count). The van der Waals surface area contributed by atoms with Gasteiger partial charge in [0.25, 0.3) is 0 Å². The van der Waals surface area contributed by atoms with Gasteiger partial charge in [-0.05, 0) is 36.8 Å². The minimum Gasteiger partial charge on any atom is -0.357 e. The van der Waals surface area contributed by atoms with Crippen LogP contribution in [0.4, 0.5) is 10.1 Å². The Labute approximate surface area is 170 Å². The van der Waals surface area contributed by atoms with E-state index in [0.29, 0.717) is 11.3 Å². The van der Waals surface area contributed by atoms with E-state index in [9.17, 15) is 22.4 Å². The molecule has 0 aliphatic carbocycles. The molecule has 9 heteroatoms.